The summed E-state index contributed by atoms with van der Waals surface area (Å²) in [6.45, 7) is 7.73. The fourth-order valence-corrected chi connectivity index (χ4v) is 9.38. The lowest BCUT2D eigenvalue weighted by Crippen LogP contribution is -2.36. The average molecular weight is 856 g/mol. The van der Waals surface area contributed by atoms with Crippen LogP contribution in [0.1, 0.15) is 119 Å². The monoisotopic (exact) mass is 855 g/mol. The number of hydrogen-bond acceptors (Lipinski definition) is 10. The van der Waals surface area contributed by atoms with E-state index in [2.05, 4.69) is 18.7 Å². The van der Waals surface area contributed by atoms with Crippen LogP contribution in [0.15, 0.2) is 62.7 Å². The van der Waals surface area contributed by atoms with Gasteiger partial charge in [-0.15, -0.1) is 0 Å². The summed E-state index contributed by atoms with van der Waals surface area (Å²) in [5, 5.41) is 9.92. The molecule has 14 nitrogen and oxygen atoms in total. The molecule has 1 aromatic heterocycles. The lowest BCUT2D eigenvalue weighted by Gasteiger charge is -2.26. The zero-order chi connectivity index (χ0) is 43.1. The predicted octanol–water partition coefficient (Wildman–Crippen LogP) is 7.08. The van der Waals surface area contributed by atoms with Gasteiger partial charge in [0.2, 0.25) is 5.69 Å². The Labute approximate surface area is 345 Å². The van der Waals surface area contributed by atoms with Gasteiger partial charge in [0.25, 0.3) is 20.2 Å². The number of rotatable bonds is 22. The smallest absolute Gasteiger partial charge is 0.347 e. The number of carbonyl (C=O) groups is 3. The first-order valence-corrected chi connectivity index (χ1v) is 23.5. The van der Waals surface area contributed by atoms with E-state index in [1.54, 1.807) is 23.6 Å². The second-order valence-electron chi connectivity index (χ2n) is 15.8. The molecule has 0 bridgehead atoms. The summed E-state index contributed by atoms with van der Waals surface area (Å²) in [5.41, 5.74) is 0.424. The van der Waals surface area contributed by atoms with E-state index < -0.39 is 65.4 Å². The molecule has 3 aromatic rings. The van der Waals surface area contributed by atoms with Crippen molar-refractivity contribution < 1.29 is 54.4 Å². The van der Waals surface area contributed by atoms with Gasteiger partial charge in [-0.05, 0) is 62.4 Å². The summed E-state index contributed by atoms with van der Waals surface area (Å²) < 4.78 is 74.5. The third-order valence-corrected chi connectivity index (χ3v) is 13.1. The Balaban J connectivity index is 1.53. The summed E-state index contributed by atoms with van der Waals surface area (Å²) in [5.74, 6) is -4.31. The molecule has 2 atom stereocenters. The molecule has 16 heteroatoms. The molecule has 0 amide bonds. The summed E-state index contributed by atoms with van der Waals surface area (Å²) in [6, 6.07) is 9.40. The van der Waals surface area contributed by atoms with Crippen LogP contribution in [-0.2, 0) is 41.7 Å². The number of unbranched alkanes of at least 4 members (excludes halogenated alkanes) is 6. The maximum atomic E-state index is 14.1. The lowest BCUT2D eigenvalue weighted by atomic mass is 9.74. The van der Waals surface area contributed by atoms with Crippen molar-refractivity contribution in [1.29, 1.82) is 0 Å². The Bertz CT molecular complexity index is 2420. The van der Waals surface area contributed by atoms with Gasteiger partial charge in [-0.25, -0.2) is 4.79 Å². The first kappa shape index (κ1) is 45.6. The summed E-state index contributed by atoms with van der Waals surface area (Å²) in [7, 11) is -9.04. The van der Waals surface area contributed by atoms with Crippen LogP contribution >= 0.6 is 0 Å². The summed E-state index contributed by atoms with van der Waals surface area (Å²) in [4.78, 5) is 55.1. The molecule has 1 aliphatic heterocycles. The number of Topliss-reactive ketones (excluding diaryl/α,β-unsaturated/α-hetero) is 2. The Hall–Kier alpha value is -4.51. The standard InChI is InChI=1S/C43H54N2O12S2/c1-4-6-8-10-22-44(23-11-9-7-5-2)29-15-17-31-33-28-36(46)32(41(49)40(33)42(50)57-37(31)26-29)18-20-38-43(3,21-12-14-39(47)48)34-27-30(59(54,55)56)16-19-35(34)45(38)24-13-25-58(51,52)53/h15-20,26-27,32H,4-14,21-25,28H2,1-3H3,(H2-,47,48,51,52,53,54,55,56)/p+1/b20-18+. The number of carbonyl (C=O) groups excluding carboxylic acids is 2. The molecule has 0 spiro atoms. The largest absolute Gasteiger partial charge is 0.481 e. The predicted molar refractivity (Wildman–Crippen MR) is 225 cm³/mol. The highest BCUT2D eigenvalue weighted by Crippen LogP contribution is 2.45. The van der Waals surface area contributed by atoms with E-state index in [9.17, 15) is 50.2 Å². The topological polar surface area (TPSA) is 217 Å². The minimum Gasteiger partial charge on any atom is -0.481 e. The van der Waals surface area contributed by atoms with Crippen LogP contribution in [0.2, 0.25) is 0 Å². The van der Waals surface area contributed by atoms with Gasteiger partial charge >= 0.3 is 11.6 Å². The molecule has 5 rings (SSSR count). The maximum Gasteiger partial charge on any atom is 0.347 e. The molecule has 1 aliphatic carbocycles. The minimum atomic E-state index is -4.67. The van der Waals surface area contributed by atoms with Gasteiger partial charge in [-0.1, -0.05) is 58.4 Å². The Kier molecular flexibility index (Phi) is 14.9. The minimum absolute atomic E-state index is 0.0198. The van der Waals surface area contributed by atoms with E-state index in [4.69, 9.17) is 4.42 Å². The van der Waals surface area contributed by atoms with Crippen molar-refractivity contribution in [1.82, 2.24) is 0 Å². The molecule has 320 valence electrons. The number of hydrogen-bond donors (Lipinski definition) is 3. The number of ketones is 2. The highest BCUT2D eigenvalue weighted by atomic mass is 32.2. The molecule has 0 saturated heterocycles. The van der Waals surface area contributed by atoms with Crippen molar-refractivity contribution in [2.45, 2.75) is 115 Å². The number of carboxylic acid groups (broad SMARTS) is 1. The van der Waals surface area contributed by atoms with Crippen molar-refractivity contribution in [3.63, 3.8) is 0 Å². The molecular weight excluding hydrogens is 801 g/mol. The maximum absolute atomic E-state index is 14.1. The highest BCUT2D eigenvalue weighted by molar-refractivity contribution is 7.86. The van der Waals surface area contributed by atoms with Crippen LogP contribution in [0.5, 0.6) is 0 Å². The molecule has 2 heterocycles. The molecule has 2 unspecified atom stereocenters. The third-order valence-electron chi connectivity index (χ3n) is 11.5. The number of fused-ring (bicyclic) bond motifs is 4. The van der Waals surface area contributed by atoms with Crippen molar-refractivity contribution in [2.75, 3.05) is 30.3 Å². The van der Waals surface area contributed by atoms with E-state index in [1.165, 1.54) is 30.4 Å². The number of nitrogens with zero attached hydrogens (tertiary/aromatic N) is 2. The molecule has 2 aromatic carbocycles. The molecule has 0 fully saturated rings. The fraction of sp³-hybridized carbons (Fsp3) is 0.512. The molecular formula is C43H55N2O12S2+. The second-order valence-corrected chi connectivity index (χ2v) is 18.8. The zero-order valence-electron chi connectivity index (χ0n) is 33.9. The molecule has 59 heavy (non-hydrogen) atoms. The Morgan fingerprint density at radius 3 is 2.20 bits per heavy atom. The van der Waals surface area contributed by atoms with Gasteiger partial charge < -0.3 is 14.4 Å². The normalized spacial score (nSPS) is 18.2. The zero-order valence-corrected chi connectivity index (χ0v) is 35.6. The average Bonchev–Trinajstić information content (AvgIpc) is 3.38. The van der Waals surface area contributed by atoms with Crippen molar-refractivity contribution in [2.24, 2.45) is 5.92 Å². The molecule has 3 N–H and O–H groups in total. The summed E-state index contributed by atoms with van der Waals surface area (Å²) >= 11 is 0. The highest BCUT2D eigenvalue weighted by Gasteiger charge is 2.48. The van der Waals surface area contributed by atoms with Crippen LogP contribution in [0.3, 0.4) is 0 Å². The second kappa shape index (κ2) is 19.3. The van der Waals surface area contributed by atoms with Gasteiger partial charge in [-0.3, -0.25) is 23.5 Å². The van der Waals surface area contributed by atoms with Crippen LogP contribution < -0.4 is 10.5 Å². The first-order chi connectivity index (χ1) is 27.9. The van der Waals surface area contributed by atoms with E-state index in [1.807, 2.05) is 6.07 Å². The van der Waals surface area contributed by atoms with Crippen molar-refractivity contribution in [3.8, 4) is 0 Å². The van der Waals surface area contributed by atoms with E-state index in [-0.39, 0.29) is 49.8 Å². The van der Waals surface area contributed by atoms with Gasteiger partial charge in [0.05, 0.1) is 16.1 Å². The van der Waals surface area contributed by atoms with Crippen molar-refractivity contribution >= 4 is 65.8 Å². The number of anilines is 1. The fourth-order valence-electron chi connectivity index (χ4n) is 8.37. The lowest BCUT2D eigenvalue weighted by molar-refractivity contribution is -0.437. The van der Waals surface area contributed by atoms with E-state index >= 15 is 0 Å². The molecule has 0 saturated carbocycles. The van der Waals surface area contributed by atoms with Gasteiger partial charge in [-0.2, -0.15) is 21.4 Å². The third kappa shape index (κ3) is 10.8. The number of carboxylic acids is 1. The van der Waals surface area contributed by atoms with Crippen LogP contribution in [0, 0.1) is 5.92 Å². The Morgan fingerprint density at radius 1 is 0.915 bits per heavy atom. The molecule has 2 aliphatic rings. The number of aliphatic carboxylic acids is 1. The van der Waals surface area contributed by atoms with Crippen LogP contribution in [0.25, 0.3) is 11.0 Å². The van der Waals surface area contributed by atoms with Crippen LogP contribution in [-0.4, -0.2) is 84.3 Å². The number of benzene rings is 2. The number of allylic oxidation sites excluding steroid dienone is 2. The first-order valence-electron chi connectivity index (χ1n) is 20.4. The van der Waals surface area contributed by atoms with Gasteiger partial charge in [0, 0.05) is 67.2 Å². The Morgan fingerprint density at radius 2 is 1.59 bits per heavy atom. The SMILES string of the molecule is CCCCCCN(CCCCCC)c1ccc2c3c(c(=O)oc2c1)C(=O)C(/C=C/C1=[N+](CCCS(=O)(=O)O)c2ccc(S(=O)(=O)O)cc2C1(C)CCCC(=O)O)C(=O)C3. The van der Waals surface area contributed by atoms with Crippen molar-refractivity contribution in [3.05, 3.63) is 75.7 Å². The van der Waals surface area contributed by atoms with E-state index in [0.29, 0.717) is 27.9 Å². The van der Waals surface area contributed by atoms with Gasteiger partial charge in [0.15, 0.2) is 17.3 Å². The molecule has 0 radical (unpaired) electrons. The quantitative estimate of drug-likeness (QED) is 0.0303. The van der Waals surface area contributed by atoms with Crippen LogP contribution in [0.4, 0.5) is 11.4 Å². The summed E-state index contributed by atoms with van der Waals surface area (Å²) in [6.07, 6.45) is 11.4. The van der Waals surface area contributed by atoms with Gasteiger partial charge in [0.1, 0.15) is 23.6 Å². The van der Waals surface area contributed by atoms with E-state index in [0.717, 1.165) is 70.1 Å².